The Bertz CT molecular complexity index is 405. The lowest BCUT2D eigenvalue weighted by Crippen LogP contribution is -2.24. The predicted molar refractivity (Wildman–Crippen MR) is 61.4 cm³/mol. The Morgan fingerprint density at radius 1 is 1.60 bits per heavy atom. The van der Waals surface area contributed by atoms with Gasteiger partial charge in [-0.25, -0.2) is 0 Å². The molecule has 0 aliphatic heterocycles. The zero-order valence-electron chi connectivity index (χ0n) is 8.71. The summed E-state index contributed by atoms with van der Waals surface area (Å²) in [5.41, 5.74) is 7.76. The Morgan fingerprint density at radius 3 is 2.93 bits per heavy atom. The van der Waals surface area contributed by atoms with Crippen molar-refractivity contribution in [3.05, 3.63) is 29.3 Å². The van der Waals surface area contributed by atoms with Crippen LogP contribution in [0.1, 0.15) is 22.3 Å². The maximum atomic E-state index is 11.6. The minimum Gasteiger partial charge on any atom is -0.399 e. The van der Waals surface area contributed by atoms with Crippen LogP contribution >= 0.6 is 0 Å². The lowest BCUT2D eigenvalue weighted by molar-refractivity contribution is 0.0954. The lowest BCUT2D eigenvalue weighted by atomic mass is 10.1. The fourth-order valence-electron chi connectivity index (χ4n) is 1.29. The van der Waals surface area contributed by atoms with E-state index in [2.05, 4.69) is 11.2 Å². The highest BCUT2D eigenvalue weighted by Gasteiger charge is 2.07. The van der Waals surface area contributed by atoms with Gasteiger partial charge in [-0.15, -0.1) is 12.3 Å². The normalized spacial score (nSPS) is 9.33. The van der Waals surface area contributed by atoms with Gasteiger partial charge < -0.3 is 11.1 Å². The lowest BCUT2D eigenvalue weighted by Gasteiger charge is -2.06. The number of aryl methyl sites for hydroxylation is 1. The van der Waals surface area contributed by atoms with E-state index in [0.717, 1.165) is 5.56 Å². The first-order valence-corrected chi connectivity index (χ1v) is 4.73. The first kappa shape index (κ1) is 11.1. The van der Waals surface area contributed by atoms with Crippen LogP contribution in [-0.4, -0.2) is 12.5 Å². The molecule has 3 heteroatoms. The molecule has 3 nitrogen and oxygen atoms in total. The number of amides is 1. The van der Waals surface area contributed by atoms with Crippen LogP contribution < -0.4 is 11.1 Å². The summed E-state index contributed by atoms with van der Waals surface area (Å²) in [5, 5.41) is 2.74. The Morgan fingerprint density at radius 2 is 2.33 bits per heavy atom. The predicted octanol–water partition coefficient (Wildman–Crippen LogP) is 1.33. The molecule has 0 saturated carbocycles. The van der Waals surface area contributed by atoms with Gasteiger partial charge in [0.1, 0.15) is 0 Å². The van der Waals surface area contributed by atoms with Crippen LogP contribution in [-0.2, 0) is 0 Å². The molecule has 0 aliphatic carbocycles. The third-order valence-electron chi connectivity index (χ3n) is 2.05. The van der Waals surface area contributed by atoms with Crippen LogP contribution in [0.25, 0.3) is 0 Å². The van der Waals surface area contributed by atoms with Crippen molar-refractivity contribution in [1.82, 2.24) is 5.32 Å². The van der Waals surface area contributed by atoms with Gasteiger partial charge in [0.25, 0.3) is 5.91 Å². The molecule has 1 aromatic carbocycles. The molecule has 1 aromatic rings. The van der Waals surface area contributed by atoms with Gasteiger partial charge in [-0.3, -0.25) is 4.79 Å². The third kappa shape index (κ3) is 3.03. The molecule has 0 heterocycles. The van der Waals surface area contributed by atoms with Crippen molar-refractivity contribution in [2.75, 3.05) is 12.3 Å². The van der Waals surface area contributed by atoms with Gasteiger partial charge in [-0.1, -0.05) is 0 Å². The zero-order valence-corrected chi connectivity index (χ0v) is 8.71. The zero-order chi connectivity index (χ0) is 11.3. The van der Waals surface area contributed by atoms with Crippen molar-refractivity contribution in [2.24, 2.45) is 0 Å². The molecule has 1 rings (SSSR count). The number of rotatable bonds is 3. The molecule has 15 heavy (non-hydrogen) atoms. The minimum absolute atomic E-state index is 0.109. The first-order chi connectivity index (χ1) is 7.15. The molecular weight excluding hydrogens is 188 g/mol. The van der Waals surface area contributed by atoms with Gasteiger partial charge in [0.2, 0.25) is 0 Å². The maximum absolute atomic E-state index is 11.6. The summed E-state index contributed by atoms with van der Waals surface area (Å²) in [6.07, 6.45) is 5.63. The molecular formula is C12H14N2O. The SMILES string of the molecule is C#CCCNC(=O)c1ccc(N)cc1C. The van der Waals surface area contributed by atoms with Gasteiger partial charge >= 0.3 is 0 Å². The van der Waals surface area contributed by atoms with Crippen LogP contribution in [0.2, 0.25) is 0 Å². The van der Waals surface area contributed by atoms with Crippen molar-refractivity contribution < 1.29 is 4.79 Å². The van der Waals surface area contributed by atoms with Crippen LogP contribution in [0, 0.1) is 19.3 Å². The van der Waals surface area contributed by atoms with E-state index in [1.165, 1.54) is 0 Å². The van der Waals surface area contributed by atoms with Crippen LogP contribution in [0.4, 0.5) is 5.69 Å². The van der Waals surface area contributed by atoms with E-state index in [1.807, 2.05) is 6.92 Å². The second-order valence-electron chi connectivity index (χ2n) is 3.28. The highest BCUT2D eigenvalue weighted by atomic mass is 16.1. The number of benzene rings is 1. The third-order valence-corrected chi connectivity index (χ3v) is 2.05. The number of anilines is 1. The molecule has 0 spiro atoms. The van der Waals surface area contributed by atoms with Crippen molar-refractivity contribution in [2.45, 2.75) is 13.3 Å². The molecule has 78 valence electrons. The molecule has 1 amide bonds. The second kappa shape index (κ2) is 5.06. The molecule has 0 saturated heterocycles. The Labute approximate surface area is 89.7 Å². The van der Waals surface area contributed by atoms with Crippen molar-refractivity contribution in [1.29, 1.82) is 0 Å². The average molecular weight is 202 g/mol. The Hall–Kier alpha value is -1.95. The monoisotopic (exact) mass is 202 g/mol. The quantitative estimate of drug-likeness (QED) is 0.441. The van der Waals surface area contributed by atoms with E-state index in [1.54, 1.807) is 18.2 Å². The number of carbonyl (C=O) groups excluding carboxylic acids is 1. The second-order valence-corrected chi connectivity index (χ2v) is 3.28. The topological polar surface area (TPSA) is 55.1 Å². The average Bonchev–Trinajstić information content (AvgIpc) is 2.17. The van der Waals surface area contributed by atoms with E-state index in [0.29, 0.717) is 24.2 Å². The molecule has 0 fully saturated rings. The van der Waals surface area contributed by atoms with Gasteiger partial charge in [0.05, 0.1) is 0 Å². The summed E-state index contributed by atoms with van der Waals surface area (Å²) in [7, 11) is 0. The summed E-state index contributed by atoms with van der Waals surface area (Å²) in [4.78, 5) is 11.6. The number of hydrogen-bond acceptors (Lipinski definition) is 2. The fraction of sp³-hybridized carbons (Fsp3) is 0.250. The van der Waals surface area contributed by atoms with E-state index in [4.69, 9.17) is 12.2 Å². The summed E-state index contributed by atoms with van der Waals surface area (Å²) in [5.74, 6) is 2.35. The highest BCUT2D eigenvalue weighted by Crippen LogP contribution is 2.11. The van der Waals surface area contributed by atoms with Gasteiger partial charge in [-0.2, -0.15) is 0 Å². The molecule has 3 N–H and O–H groups in total. The van der Waals surface area contributed by atoms with Gasteiger partial charge in [0.15, 0.2) is 0 Å². The van der Waals surface area contributed by atoms with E-state index < -0.39 is 0 Å². The number of carbonyl (C=O) groups is 1. The largest absolute Gasteiger partial charge is 0.399 e. The number of hydrogen-bond donors (Lipinski definition) is 2. The van der Waals surface area contributed by atoms with Crippen molar-refractivity contribution in [3.63, 3.8) is 0 Å². The molecule has 0 bridgehead atoms. The maximum Gasteiger partial charge on any atom is 0.251 e. The van der Waals surface area contributed by atoms with Crippen molar-refractivity contribution >= 4 is 11.6 Å². The smallest absolute Gasteiger partial charge is 0.251 e. The Balaban J connectivity index is 2.70. The number of nitrogen functional groups attached to an aromatic ring is 1. The molecule has 0 unspecified atom stereocenters. The molecule has 0 radical (unpaired) electrons. The molecule has 0 atom stereocenters. The molecule has 0 aliphatic rings. The fourth-order valence-corrected chi connectivity index (χ4v) is 1.29. The first-order valence-electron chi connectivity index (χ1n) is 4.73. The number of nitrogens with one attached hydrogen (secondary N) is 1. The van der Waals surface area contributed by atoms with Crippen LogP contribution in [0.3, 0.4) is 0 Å². The van der Waals surface area contributed by atoms with E-state index >= 15 is 0 Å². The van der Waals surface area contributed by atoms with Crippen LogP contribution in [0.5, 0.6) is 0 Å². The summed E-state index contributed by atoms with van der Waals surface area (Å²) < 4.78 is 0. The summed E-state index contributed by atoms with van der Waals surface area (Å²) in [6, 6.07) is 5.20. The Kier molecular flexibility index (Phi) is 3.75. The van der Waals surface area contributed by atoms with E-state index in [9.17, 15) is 4.79 Å². The summed E-state index contributed by atoms with van der Waals surface area (Å²) in [6.45, 7) is 2.35. The van der Waals surface area contributed by atoms with E-state index in [-0.39, 0.29) is 5.91 Å². The van der Waals surface area contributed by atoms with Crippen molar-refractivity contribution in [3.8, 4) is 12.3 Å². The van der Waals surface area contributed by atoms with Gasteiger partial charge in [0, 0.05) is 24.2 Å². The molecule has 0 aromatic heterocycles. The van der Waals surface area contributed by atoms with Gasteiger partial charge in [-0.05, 0) is 30.7 Å². The minimum atomic E-state index is -0.109. The summed E-state index contributed by atoms with van der Waals surface area (Å²) >= 11 is 0. The number of nitrogens with two attached hydrogens (primary N) is 1. The van der Waals surface area contributed by atoms with Crippen LogP contribution in [0.15, 0.2) is 18.2 Å². The number of terminal acetylenes is 1. The standard InChI is InChI=1S/C12H14N2O/c1-3-4-7-14-12(15)11-6-5-10(13)8-9(11)2/h1,5-6,8H,4,7,13H2,2H3,(H,14,15). The highest BCUT2D eigenvalue weighted by molar-refractivity contribution is 5.95.